The lowest BCUT2D eigenvalue weighted by atomic mass is 9.95. The summed E-state index contributed by atoms with van der Waals surface area (Å²) in [7, 11) is 1.48. The van der Waals surface area contributed by atoms with Crippen LogP contribution in [0.3, 0.4) is 0 Å². The van der Waals surface area contributed by atoms with E-state index in [1.807, 2.05) is 6.92 Å². The third kappa shape index (κ3) is 20.5. The first-order valence-electron chi connectivity index (χ1n) is 13.2. The molecule has 0 aliphatic heterocycles. The molecule has 174 valence electrons. The molecule has 0 heterocycles. The number of methoxy groups -OCH3 is 1. The van der Waals surface area contributed by atoms with E-state index in [-0.39, 0.29) is 11.9 Å². The van der Waals surface area contributed by atoms with Gasteiger partial charge >= 0.3 is 5.97 Å². The molecule has 0 saturated heterocycles. The quantitative estimate of drug-likeness (QED) is 0.131. The van der Waals surface area contributed by atoms with Crippen molar-refractivity contribution in [1.82, 2.24) is 0 Å². The molecular weight excluding hydrogens is 356 g/mol. The van der Waals surface area contributed by atoms with Crippen LogP contribution in [0.25, 0.3) is 0 Å². The predicted octanol–water partition coefficient (Wildman–Crippen LogP) is 9.25. The summed E-state index contributed by atoms with van der Waals surface area (Å²) >= 11 is 0. The summed E-state index contributed by atoms with van der Waals surface area (Å²) in [4.78, 5) is 11.4. The molecule has 0 saturated carbocycles. The molecule has 0 amide bonds. The second kappa shape index (κ2) is 22.2. The van der Waals surface area contributed by atoms with Gasteiger partial charge < -0.3 is 4.74 Å². The Labute approximate surface area is 184 Å². The average molecular weight is 411 g/mol. The highest BCUT2D eigenvalue weighted by molar-refractivity contribution is 5.71. The molecule has 0 aromatic carbocycles. The van der Waals surface area contributed by atoms with Crippen LogP contribution in [0.4, 0.5) is 0 Å². The highest BCUT2D eigenvalue weighted by atomic mass is 16.5. The van der Waals surface area contributed by atoms with Crippen molar-refractivity contribution in [2.75, 3.05) is 7.11 Å². The largest absolute Gasteiger partial charge is 0.469 e. The Hall–Kier alpha value is -0.530. The van der Waals surface area contributed by atoms with E-state index in [2.05, 4.69) is 13.8 Å². The number of rotatable bonds is 22. The lowest BCUT2D eigenvalue weighted by molar-refractivity contribution is -0.145. The number of carbonyl (C=O) groups excluding carboxylic acids is 1. The van der Waals surface area contributed by atoms with Crippen LogP contribution < -0.4 is 0 Å². The van der Waals surface area contributed by atoms with Crippen LogP contribution in [0.5, 0.6) is 0 Å². The van der Waals surface area contributed by atoms with Gasteiger partial charge in [-0.25, -0.2) is 0 Å². The van der Waals surface area contributed by atoms with Crippen LogP contribution in [-0.2, 0) is 9.53 Å². The normalized spacial score (nSPS) is 13.4. The molecule has 0 bridgehead atoms. The molecule has 0 aromatic rings. The molecule has 0 aliphatic carbocycles. The fourth-order valence-electron chi connectivity index (χ4n) is 4.27. The van der Waals surface area contributed by atoms with Crippen molar-refractivity contribution >= 4 is 5.97 Å². The average Bonchev–Trinajstić information content (AvgIpc) is 2.73. The molecule has 2 nitrogen and oxygen atoms in total. The van der Waals surface area contributed by atoms with Crippen molar-refractivity contribution < 1.29 is 9.53 Å². The number of unbranched alkanes of at least 4 members (excludes halogenated alkanes) is 15. The van der Waals surface area contributed by atoms with E-state index in [1.54, 1.807) is 0 Å². The van der Waals surface area contributed by atoms with E-state index in [4.69, 9.17) is 4.74 Å². The van der Waals surface area contributed by atoms with Gasteiger partial charge in [-0.3, -0.25) is 4.79 Å². The molecule has 2 heteroatoms. The Morgan fingerprint density at radius 2 is 0.931 bits per heavy atom. The van der Waals surface area contributed by atoms with Crippen LogP contribution in [-0.4, -0.2) is 13.1 Å². The van der Waals surface area contributed by atoms with E-state index < -0.39 is 0 Å². The van der Waals surface area contributed by atoms with Gasteiger partial charge in [0, 0.05) is 0 Å². The number of ether oxygens (including phenoxy) is 1. The smallest absolute Gasteiger partial charge is 0.308 e. The third-order valence-corrected chi connectivity index (χ3v) is 6.49. The maximum absolute atomic E-state index is 11.4. The fraction of sp³-hybridized carbons (Fsp3) is 0.963. The van der Waals surface area contributed by atoms with Crippen LogP contribution in [0.15, 0.2) is 0 Å². The minimum Gasteiger partial charge on any atom is -0.469 e. The first-order chi connectivity index (χ1) is 14.1. The molecule has 0 rings (SSSR count). The molecule has 0 aliphatic rings. The SMILES string of the molecule is CCCCCCCCCCCCCCCC(C)CCCCCCC(C)C(=O)OC. The number of esters is 1. The summed E-state index contributed by atoms with van der Waals surface area (Å²) in [5.41, 5.74) is 0. The summed E-state index contributed by atoms with van der Waals surface area (Å²) in [5, 5.41) is 0. The first-order valence-corrected chi connectivity index (χ1v) is 13.2. The monoisotopic (exact) mass is 410 g/mol. The minimum absolute atomic E-state index is 0.0589. The summed E-state index contributed by atoms with van der Waals surface area (Å²) < 4.78 is 4.78. The summed E-state index contributed by atoms with van der Waals surface area (Å²) in [5.74, 6) is 0.891. The second-order valence-corrected chi connectivity index (χ2v) is 9.55. The summed E-state index contributed by atoms with van der Waals surface area (Å²) in [6, 6.07) is 0. The number of carbonyl (C=O) groups is 1. The van der Waals surface area contributed by atoms with Crippen molar-refractivity contribution in [3.05, 3.63) is 0 Å². The number of hydrogen-bond donors (Lipinski definition) is 0. The maximum Gasteiger partial charge on any atom is 0.308 e. The van der Waals surface area contributed by atoms with Crippen LogP contribution in [0, 0.1) is 11.8 Å². The van der Waals surface area contributed by atoms with Crippen molar-refractivity contribution in [1.29, 1.82) is 0 Å². The third-order valence-electron chi connectivity index (χ3n) is 6.49. The molecule has 0 aromatic heterocycles. The van der Waals surface area contributed by atoms with E-state index in [0.29, 0.717) is 0 Å². The standard InChI is InChI=1S/C27H54O2/c1-5-6-7-8-9-10-11-12-13-14-15-16-19-22-25(2)23-20-17-18-21-24-26(3)27(28)29-4/h25-26H,5-24H2,1-4H3. The zero-order valence-electron chi connectivity index (χ0n) is 20.6. The second-order valence-electron chi connectivity index (χ2n) is 9.55. The maximum atomic E-state index is 11.4. The lowest BCUT2D eigenvalue weighted by Gasteiger charge is -2.12. The Morgan fingerprint density at radius 3 is 1.31 bits per heavy atom. The topological polar surface area (TPSA) is 26.3 Å². The van der Waals surface area contributed by atoms with Crippen molar-refractivity contribution in [3.63, 3.8) is 0 Å². The van der Waals surface area contributed by atoms with Gasteiger partial charge in [-0.1, -0.05) is 143 Å². The van der Waals surface area contributed by atoms with E-state index in [0.717, 1.165) is 18.8 Å². The van der Waals surface area contributed by atoms with Gasteiger partial charge in [-0.05, 0) is 12.3 Å². The van der Waals surface area contributed by atoms with E-state index in [1.165, 1.54) is 123 Å². The molecule has 2 unspecified atom stereocenters. The molecule has 0 spiro atoms. The minimum atomic E-state index is -0.0589. The predicted molar refractivity (Wildman–Crippen MR) is 128 cm³/mol. The van der Waals surface area contributed by atoms with Gasteiger partial charge in [-0.15, -0.1) is 0 Å². The van der Waals surface area contributed by atoms with E-state index in [9.17, 15) is 4.79 Å². The fourth-order valence-corrected chi connectivity index (χ4v) is 4.27. The zero-order valence-corrected chi connectivity index (χ0v) is 20.6. The van der Waals surface area contributed by atoms with Gasteiger partial charge in [0.25, 0.3) is 0 Å². The molecular formula is C27H54O2. The first kappa shape index (κ1) is 28.5. The Balaban J connectivity index is 3.24. The summed E-state index contributed by atoms with van der Waals surface area (Å²) in [6.07, 6.45) is 27.6. The van der Waals surface area contributed by atoms with Gasteiger partial charge in [0.15, 0.2) is 0 Å². The summed E-state index contributed by atoms with van der Waals surface area (Å²) in [6.45, 7) is 6.70. The lowest BCUT2D eigenvalue weighted by Crippen LogP contribution is -2.12. The highest BCUT2D eigenvalue weighted by Gasteiger charge is 2.11. The highest BCUT2D eigenvalue weighted by Crippen LogP contribution is 2.19. The van der Waals surface area contributed by atoms with Gasteiger partial charge in [0.2, 0.25) is 0 Å². The van der Waals surface area contributed by atoms with Crippen molar-refractivity contribution in [2.45, 2.75) is 149 Å². The Kier molecular flexibility index (Phi) is 21.8. The zero-order chi connectivity index (χ0) is 21.6. The Bertz CT molecular complexity index is 339. The molecule has 2 atom stereocenters. The number of hydrogen-bond acceptors (Lipinski definition) is 2. The van der Waals surface area contributed by atoms with Gasteiger partial charge in [0.05, 0.1) is 13.0 Å². The molecule has 0 fully saturated rings. The van der Waals surface area contributed by atoms with E-state index >= 15 is 0 Å². The van der Waals surface area contributed by atoms with Gasteiger partial charge in [0.1, 0.15) is 0 Å². The Morgan fingerprint density at radius 1 is 0.586 bits per heavy atom. The molecule has 0 radical (unpaired) electrons. The van der Waals surface area contributed by atoms with Crippen LogP contribution in [0.1, 0.15) is 149 Å². The van der Waals surface area contributed by atoms with Crippen molar-refractivity contribution in [2.24, 2.45) is 11.8 Å². The van der Waals surface area contributed by atoms with Crippen molar-refractivity contribution in [3.8, 4) is 0 Å². The molecule has 29 heavy (non-hydrogen) atoms. The van der Waals surface area contributed by atoms with Crippen LogP contribution in [0.2, 0.25) is 0 Å². The van der Waals surface area contributed by atoms with Crippen LogP contribution >= 0.6 is 0 Å². The van der Waals surface area contributed by atoms with Gasteiger partial charge in [-0.2, -0.15) is 0 Å². The molecule has 0 N–H and O–H groups in total.